The number of rotatable bonds is 3. The fourth-order valence-corrected chi connectivity index (χ4v) is 2.43. The Kier molecular flexibility index (Phi) is 4.07. The van der Waals surface area contributed by atoms with Gasteiger partial charge in [-0.3, -0.25) is 4.98 Å². The van der Waals surface area contributed by atoms with Crippen LogP contribution >= 0.6 is 23.4 Å². The first-order valence-electron chi connectivity index (χ1n) is 5.06. The Balaban J connectivity index is 2.26. The Morgan fingerprint density at radius 1 is 1.28 bits per heavy atom. The third kappa shape index (κ3) is 2.94. The molecule has 0 saturated carbocycles. The molecule has 1 heterocycles. The van der Waals surface area contributed by atoms with Gasteiger partial charge < -0.3 is 10.9 Å². The molecule has 0 saturated heterocycles. The second-order valence-corrected chi connectivity index (χ2v) is 4.94. The van der Waals surface area contributed by atoms with E-state index in [0.717, 1.165) is 9.79 Å². The molecular formula is C12H10ClN3OS. The Morgan fingerprint density at radius 3 is 2.61 bits per heavy atom. The summed E-state index contributed by atoms with van der Waals surface area (Å²) < 4.78 is 0. The predicted molar refractivity (Wildman–Crippen MR) is 72.3 cm³/mol. The zero-order chi connectivity index (χ0) is 13.0. The number of nitrogens with zero attached hydrogens (tertiary/aromatic N) is 2. The molecule has 0 fully saturated rings. The van der Waals surface area contributed by atoms with Crippen LogP contribution in [0.25, 0.3) is 0 Å². The lowest BCUT2D eigenvalue weighted by atomic mass is 10.2. The Bertz CT molecular complexity index is 575. The van der Waals surface area contributed by atoms with Crippen LogP contribution in [0.2, 0.25) is 5.02 Å². The fraction of sp³-hybridized carbons (Fsp3) is 0. The van der Waals surface area contributed by atoms with E-state index in [1.807, 2.05) is 18.2 Å². The summed E-state index contributed by atoms with van der Waals surface area (Å²) in [5.41, 5.74) is 6.08. The summed E-state index contributed by atoms with van der Waals surface area (Å²) in [6, 6.07) is 9.06. The number of pyridine rings is 1. The highest BCUT2D eigenvalue weighted by molar-refractivity contribution is 7.99. The van der Waals surface area contributed by atoms with Crippen molar-refractivity contribution >= 4 is 29.2 Å². The smallest absolute Gasteiger partial charge is 0.170 e. The molecule has 0 aliphatic rings. The van der Waals surface area contributed by atoms with Gasteiger partial charge in [0.25, 0.3) is 0 Å². The largest absolute Gasteiger partial charge is 0.409 e. The number of amidine groups is 1. The number of nitrogens with two attached hydrogens (primary N) is 1. The van der Waals surface area contributed by atoms with Crippen molar-refractivity contribution in [1.29, 1.82) is 0 Å². The molecule has 4 nitrogen and oxygen atoms in total. The van der Waals surface area contributed by atoms with Crippen molar-refractivity contribution in [2.45, 2.75) is 9.79 Å². The third-order valence-corrected chi connectivity index (χ3v) is 3.72. The summed E-state index contributed by atoms with van der Waals surface area (Å²) in [5.74, 6) is 0.0392. The molecule has 0 aliphatic heterocycles. The van der Waals surface area contributed by atoms with Gasteiger partial charge in [0.15, 0.2) is 5.84 Å². The highest BCUT2D eigenvalue weighted by Gasteiger charge is 2.06. The van der Waals surface area contributed by atoms with Gasteiger partial charge in [-0.05, 0) is 30.3 Å². The number of benzene rings is 1. The standard InChI is InChI=1S/C12H10ClN3OS/c13-10-7-8(12(14)16-17)1-2-11(10)18-9-3-5-15-6-4-9/h1-7,17H,(H2,14,16). The number of aromatic nitrogens is 1. The molecule has 0 unspecified atom stereocenters. The van der Waals surface area contributed by atoms with Crippen LogP contribution in [-0.4, -0.2) is 16.0 Å². The Morgan fingerprint density at radius 2 is 2.00 bits per heavy atom. The lowest BCUT2D eigenvalue weighted by Crippen LogP contribution is -2.12. The zero-order valence-corrected chi connectivity index (χ0v) is 10.8. The predicted octanol–water partition coefficient (Wildman–Crippen LogP) is 2.98. The highest BCUT2D eigenvalue weighted by atomic mass is 35.5. The van der Waals surface area contributed by atoms with E-state index in [4.69, 9.17) is 22.5 Å². The summed E-state index contributed by atoms with van der Waals surface area (Å²) in [6.07, 6.45) is 3.45. The average molecular weight is 280 g/mol. The fourth-order valence-electron chi connectivity index (χ4n) is 1.33. The minimum absolute atomic E-state index is 0.0392. The molecule has 0 bridgehead atoms. The third-order valence-electron chi connectivity index (χ3n) is 2.21. The topological polar surface area (TPSA) is 71.5 Å². The number of oxime groups is 1. The van der Waals surface area contributed by atoms with Crippen LogP contribution in [0.5, 0.6) is 0 Å². The van der Waals surface area contributed by atoms with Gasteiger partial charge in [0.05, 0.1) is 5.02 Å². The molecule has 0 spiro atoms. The van der Waals surface area contributed by atoms with Crippen LogP contribution in [-0.2, 0) is 0 Å². The van der Waals surface area contributed by atoms with E-state index in [-0.39, 0.29) is 5.84 Å². The van der Waals surface area contributed by atoms with Gasteiger partial charge in [-0.1, -0.05) is 28.5 Å². The van der Waals surface area contributed by atoms with Crippen molar-refractivity contribution in [2.24, 2.45) is 10.9 Å². The van der Waals surface area contributed by atoms with E-state index >= 15 is 0 Å². The Hall–Kier alpha value is -1.72. The molecule has 0 atom stereocenters. The molecule has 2 aromatic rings. The van der Waals surface area contributed by atoms with E-state index in [2.05, 4.69) is 10.1 Å². The molecule has 0 aliphatic carbocycles. The van der Waals surface area contributed by atoms with Gasteiger partial charge in [0.2, 0.25) is 0 Å². The lowest BCUT2D eigenvalue weighted by molar-refractivity contribution is 0.318. The molecule has 1 aromatic heterocycles. The number of hydrogen-bond acceptors (Lipinski definition) is 4. The molecule has 0 amide bonds. The van der Waals surface area contributed by atoms with Gasteiger partial charge in [-0.25, -0.2) is 0 Å². The van der Waals surface area contributed by atoms with Crippen molar-refractivity contribution in [3.05, 3.63) is 53.3 Å². The molecule has 3 N–H and O–H groups in total. The van der Waals surface area contributed by atoms with Crippen molar-refractivity contribution in [3.8, 4) is 0 Å². The average Bonchev–Trinajstić information content (AvgIpc) is 2.41. The quantitative estimate of drug-likeness (QED) is 0.392. The summed E-state index contributed by atoms with van der Waals surface area (Å²) >= 11 is 7.68. The number of halogens is 1. The molecule has 1 aromatic carbocycles. The Labute approximate surface area is 113 Å². The summed E-state index contributed by atoms with van der Waals surface area (Å²) in [4.78, 5) is 5.90. The second kappa shape index (κ2) is 5.75. The lowest BCUT2D eigenvalue weighted by Gasteiger charge is -2.06. The van der Waals surface area contributed by atoms with E-state index in [1.54, 1.807) is 24.5 Å². The van der Waals surface area contributed by atoms with Gasteiger partial charge in [0, 0.05) is 27.7 Å². The summed E-state index contributed by atoms with van der Waals surface area (Å²) in [5, 5.41) is 12.1. The minimum atomic E-state index is 0.0392. The van der Waals surface area contributed by atoms with Gasteiger partial charge in [0.1, 0.15) is 0 Å². The van der Waals surface area contributed by atoms with Crippen LogP contribution in [0.15, 0.2) is 57.7 Å². The second-order valence-electron chi connectivity index (χ2n) is 3.42. The van der Waals surface area contributed by atoms with E-state index in [9.17, 15) is 0 Å². The van der Waals surface area contributed by atoms with Crippen LogP contribution in [0.1, 0.15) is 5.56 Å². The maximum Gasteiger partial charge on any atom is 0.170 e. The maximum absolute atomic E-state index is 8.59. The molecule has 6 heteroatoms. The van der Waals surface area contributed by atoms with Crippen molar-refractivity contribution in [3.63, 3.8) is 0 Å². The van der Waals surface area contributed by atoms with Crippen molar-refractivity contribution in [1.82, 2.24) is 4.98 Å². The normalized spacial score (nSPS) is 11.5. The molecule has 2 rings (SSSR count). The highest BCUT2D eigenvalue weighted by Crippen LogP contribution is 2.33. The van der Waals surface area contributed by atoms with E-state index in [1.165, 1.54) is 11.8 Å². The van der Waals surface area contributed by atoms with Gasteiger partial charge in [-0.15, -0.1) is 0 Å². The molecule has 18 heavy (non-hydrogen) atoms. The molecule has 92 valence electrons. The van der Waals surface area contributed by atoms with Crippen molar-refractivity contribution in [2.75, 3.05) is 0 Å². The van der Waals surface area contributed by atoms with Crippen LogP contribution in [0.3, 0.4) is 0 Å². The first-order chi connectivity index (χ1) is 8.70. The number of hydrogen-bond donors (Lipinski definition) is 2. The van der Waals surface area contributed by atoms with E-state index < -0.39 is 0 Å². The molecule has 0 radical (unpaired) electrons. The first kappa shape index (κ1) is 12.7. The monoisotopic (exact) mass is 279 g/mol. The van der Waals surface area contributed by atoms with Gasteiger partial charge >= 0.3 is 0 Å². The SMILES string of the molecule is NC(=NO)c1ccc(Sc2ccncc2)c(Cl)c1. The van der Waals surface area contributed by atoms with Crippen LogP contribution < -0.4 is 5.73 Å². The first-order valence-corrected chi connectivity index (χ1v) is 6.25. The zero-order valence-electron chi connectivity index (χ0n) is 9.25. The summed E-state index contributed by atoms with van der Waals surface area (Å²) in [7, 11) is 0. The van der Waals surface area contributed by atoms with Crippen LogP contribution in [0, 0.1) is 0 Å². The van der Waals surface area contributed by atoms with Crippen LogP contribution in [0.4, 0.5) is 0 Å². The molecular weight excluding hydrogens is 270 g/mol. The summed E-state index contributed by atoms with van der Waals surface area (Å²) in [6.45, 7) is 0. The van der Waals surface area contributed by atoms with E-state index in [0.29, 0.717) is 10.6 Å². The minimum Gasteiger partial charge on any atom is -0.409 e. The van der Waals surface area contributed by atoms with Crippen molar-refractivity contribution < 1.29 is 5.21 Å². The van der Waals surface area contributed by atoms with Gasteiger partial charge in [-0.2, -0.15) is 0 Å². The maximum atomic E-state index is 8.59.